The normalized spacial score (nSPS) is 11.5. The molecular formula is C37H41NO5. The number of Topliss-reactive ketones (excluding diaryl/α,β-unsaturated/α-hetero) is 2. The average molecular weight is 580 g/mol. The number of amides is 1. The smallest absolute Gasteiger partial charge is 0.331 e. The van der Waals surface area contributed by atoms with Crippen LogP contribution in [0.2, 0.25) is 0 Å². The number of nitrogens with one attached hydrogen (secondary N) is 1. The first-order valence-electron chi connectivity index (χ1n) is 14.8. The fourth-order valence-electron chi connectivity index (χ4n) is 4.30. The number of carbonyl (C=O) groups excluding carboxylic acids is 4. The number of ketones is 2. The lowest BCUT2D eigenvalue weighted by atomic mass is 9.99. The average Bonchev–Trinajstić information content (AvgIpc) is 2.98. The number of hydrogen-bond acceptors (Lipinski definition) is 5. The van der Waals surface area contributed by atoms with Crippen molar-refractivity contribution in [2.24, 2.45) is 0 Å². The van der Waals surface area contributed by atoms with E-state index in [0.29, 0.717) is 5.56 Å². The number of benzene rings is 3. The highest BCUT2D eigenvalue weighted by atomic mass is 16.6. The fraction of sp³-hybridized carbons (Fsp3) is 0.297. The lowest BCUT2D eigenvalue weighted by molar-refractivity contribution is -0.148. The van der Waals surface area contributed by atoms with E-state index in [2.05, 4.69) is 12.2 Å². The maximum absolute atomic E-state index is 12.8. The van der Waals surface area contributed by atoms with Crippen LogP contribution in [-0.2, 0) is 20.7 Å². The molecular weight excluding hydrogens is 538 g/mol. The van der Waals surface area contributed by atoms with Crippen LogP contribution in [0.15, 0.2) is 84.9 Å². The van der Waals surface area contributed by atoms with Gasteiger partial charge in [-0.3, -0.25) is 14.4 Å². The molecule has 0 atom stereocenters. The highest BCUT2D eigenvalue weighted by Gasteiger charge is 2.18. The van der Waals surface area contributed by atoms with Crippen LogP contribution in [0.3, 0.4) is 0 Å². The first kappa shape index (κ1) is 32.9. The van der Waals surface area contributed by atoms with E-state index in [-0.39, 0.29) is 17.0 Å². The summed E-state index contributed by atoms with van der Waals surface area (Å²) in [6, 6.07) is 20.8. The van der Waals surface area contributed by atoms with Crippen LogP contribution in [0.1, 0.15) is 97.2 Å². The summed E-state index contributed by atoms with van der Waals surface area (Å²) in [6.45, 7) is 7.58. The maximum atomic E-state index is 12.8. The number of ether oxygens (including phenoxy) is 1. The van der Waals surface area contributed by atoms with Crippen molar-refractivity contribution >= 4 is 41.3 Å². The van der Waals surface area contributed by atoms with Crippen LogP contribution in [-0.4, -0.2) is 29.0 Å². The van der Waals surface area contributed by atoms with Gasteiger partial charge in [0.05, 0.1) is 0 Å². The van der Waals surface area contributed by atoms with Crippen molar-refractivity contribution in [2.75, 3.05) is 5.32 Å². The molecule has 0 aliphatic carbocycles. The number of hydrogen-bond donors (Lipinski definition) is 1. The molecule has 0 saturated heterocycles. The molecule has 0 unspecified atom stereocenters. The molecule has 1 amide bonds. The second kappa shape index (κ2) is 16.2. The Morgan fingerprint density at radius 1 is 0.674 bits per heavy atom. The van der Waals surface area contributed by atoms with Crippen molar-refractivity contribution in [2.45, 2.75) is 71.8 Å². The van der Waals surface area contributed by atoms with Gasteiger partial charge < -0.3 is 10.1 Å². The third kappa shape index (κ3) is 11.7. The summed E-state index contributed by atoms with van der Waals surface area (Å²) >= 11 is 0. The lowest BCUT2D eigenvalue weighted by Crippen LogP contribution is -2.22. The summed E-state index contributed by atoms with van der Waals surface area (Å²) in [5.74, 6) is -1.98. The Morgan fingerprint density at radius 3 is 1.70 bits per heavy atom. The Morgan fingerprint density at radius 2 is 1.19 bits per heavy atom. The van der Waals surface area contributed by atoms with Crippen molar-refractivity contribution in [3.8, 4) is 0 Å². The van der Waals surface area contributed by atoms with Crippen molar-refractivity contribution in [1.29, 1.82) is 0 Å². The highest BCUT2D eigenvalue weighted by Crippen LogP contribution is 2.15. The maximum Gasteiger partial charge on any atom is 0.331 e. The minimum absolute atomic E-state index is 0.250. The Hall–Kier alpha value is -4.58. The zero-order valence-corrected chi connectivity index (χ0v) is 25.5. The summed E-state index contributed by atoms with van der Waals surface area (Å²) in [5, 5.41) is 2.86. The van der Waals surface area contributed by atoms with Crippen molar-refractivity contribution in [3.05, 3.63) is 113 Å². The van der Waals surface area contributed by atoms with Crippen LogP contribution >= 0.6 is 0 Å². The molecule has 3 rings (SSSR count). The quantitative estimate of drug-likeness (QED) is 0.0683. The third-order valence-electron chi connectivity index (χ3n) is 6.59. The number of carbonyl (C=O) groups is 4. The molecule has 43 heavy (non-hydrogen) atoms. The van der Waals surface area contributed by atoms with Gasteiger partial charge in [0.1, 0.15) is 5.60 Å². The van der Waals surface area contributed by atoms with Crippen molar-refractivity contribution in [3.63, 3.8) is 0 Å². The van der Waals surface area contributed by atoms with E-state index >= 15 is 0 Å². The van der Waals surface area contributed by atoms with E-state index in [4.69, 9.17) is 4.74 Å². The summed E-state index contributed by atoms with van der Waals surface area (Å²) < 4.78 is 5.23. The van der Waals surface area contributed by atoms with Crippen LogP contribution in [0.5, 0.6) is 0 Å². The zero-order valence-electron chi connectivity index (χ0n) is 25.5. The first-order chi connectivity index (χ1) is 20.5. The number of rotatable bonds is 14. The summed E-state index contributed by atoms with van der Waals surface area (Å²) in [7, 11) is 0. The van der Waals surface area contributed by atoms with E-state index in [1.54, 1.807) is 81.5 Å². The van der Waals surface area contributed by atoms with Gasteiger partial charge in [-0.1, -0.05) is 93.3 Å². The van der Waals surface area contributed by atoms with Crippen LogP contribution in [0.25, 0.3) is 12.2 Å². The Kier molecular flexibility index (Phi) is 12.4. The van der Waals surface area contributed by atoms with E-state index in [1.165, 1.54) is 49.8 Å². The zero-order chi connectivity index (χ0) is 31.2. The van der Waals surface area contributed by atoms with Crippen molar-refractivity contribution < 1.29 is 23.9 Å². The van der Waals surface area contributed by atoms with Crippen LogP contribution < -0.4 is 5.32 Å². The molecule has 0 heterocycles. The van der Waals surface area contributed by atoms with E-state index in [0.717, 1.165) is 17.7 Å². The molecule has 6 nitrogen and oxygen atoms in total. The molecule has 3 aromatic carbocycles. The van der Waals surface area contributed by atoms with E-state index < -0.39 is 23.1 Å². The number of esters is 1. The van der Waals surface area contributed by atoms with E-state index in [9.17, 15) is 19.2 Å². The van der Waals surface area contributed by atoms with Gasteiger partial charge in [-0.05, 0) is 74.6 Å². The van der Waals surface area contributed by atoms with Crippen molar-refractivity contribution in [1.82, 2.24) is 0 Å². The van der Waals surface area contributed by atoms with Crippen LogP contribution in [0, 0.1) is 0 Å². The van der Waals surface area contributed by atoms with Gasteiger partial charge >= 0.3 is 5.97 Å². The van der Waals surface area contributed by atoms with E-state index in [1.807, 2.05) is 24.3 Å². The third-order valence-corrected chi connectivity index (χ3v) is 6.59. The van der Waals surface area contributed by atoms with Gasteiger partial charge in [-0.2, -0.15) is 0 Å². The number of unbranched alkanes of at least 4 members (excludes halogenated alkanes) is 4. The molecule has 0 spiro atoms. The molecule has 0 aromatic heterocycles. The summed E-state index contributed by atoms with van der Waals surface area (Å²) in [5.41, 5.74) is 3.34. The largest absolute Gasteiger partial charge is 0.457 e. The summed E-state index contributed by atoms with van der Waals surface area (Å²) in [4.78, 5) is 49.8. The summed E-state index contributed by atoms with van der Waals surface area (Å²) in [6.07, 6.45) is 13.3. The molecule has 0 saturated carbocycles. The minimum atomic E-state index is -0.632. The Bertz CT molecular complexity index is 1440. The number of anilines is 1. The van der Waals surface area contributed by atoms with Gasteiger partial charge in [-0.15, -0.1) is 0 Å². The second-order valence-corrected chi connectivity index (χ2v) is 11.5. The molecule has 0 bridgehead atoms. The topological polar surface area (TPSA) is 89.5 Å². The number of aryl methyl sites for hydroxylation is 1. The fourth-order valence-corrected chi connectivity index (χ4v) is 4.30. The lowest BCUT2D eigenvalue weighted by Gasteiger charge is -2.17. The minimum Gasteiger partial charge on any atom is -0.457 e. The molecule has 0 aliphatic heterocycles. The van der Waals surface area contributed by atoms with Gasteiger partial charge in [0, 0.05) is 29.0 Å². The van der Waals surface area contributed by atoms with Gasteiger partial charge in [0.15, 0.2) is 0 Å². The van der Waals surface area contributed by atoms with Gasteiger partial charge in [0.2, 0.25) is 17.5 Å². The molecule has 3 aromatic rings. The molecule has 1 N–H and O–H groups in total. The monoisotopic (exact) mass is 579 g/mol. The predicted molar refractivity (Wildman–Crippen MR) is 173 cm³/mol. The highest BCUT2D eigenvalue weighted by molar-refractivity contribution is 6.49. The molecule has 224 valence electrons. The molecule has 0 fully saturated rings. The molecule has 0 aliphatic rings. The van der Waals surface area contributed by atoms with Crippen LogP contribution in [0.4, 0.5) is 5.69 Å². The predicted octanol–water partition coefficient (Wildman–Crippen LogP) is 8.27. The molecule has 0 radical (unpaired) electrons. The Balaban J connectivity index is 1.50. The SMILES string of the molecule is CCCCCCCc1ccc(NC(=O)/C=C/c2ccc(C(=O)C(=O)c3ccc(/C=C/C(=O)OC(C)(C)C)cc3)cc2)cc1. The second-order valence-electron chi connectivity index (χ2n) is 11.5. The first-order valence-corrected chi connectivity index (χ1v) is 14.8. The van der Waals surface area contributed by atoms with Gasteiger partial charge in [-0.25, -0.2) is 4.79 Å². The molecule has 6 heteroatoms. The Labute approximate surface area is 254 Å². The van der Waals surface area contributed by atoms with Gasteiger partial charge in [0.25, 0.3) is 0 Å². The standard InChI is InChI=1S/C37H41NO5/c1-5-6-7-8-9-10-27-15-23-32(24-16-27)38-33(39)25-17-28-11-19-30(20-12-28)35(41)36(42)31-21-13-29(14-22-31)18-26-34(40)43-37(2,3)4/h11-26H,5-10H2,1-4H3,(H,38,39)/b25-17+,26-18+.